The van der Waals surface area contributed by atoms with Crippen molar-refractivity contribution in [3.8, 4) is 5.75 Å². The van der Waals surface area contributed by atoms with Gasteiger partial charge in [0.25, 0.3) is 0 Å². The number of carboxylic acid groups (broad SMARTS) is 1. The van der Waals surface area contributed by atoms with Crippen LogP contribution < -0.4 is 10.1 Å². The predicted octanol–water partition coefficient (Wildman–Crippen LogP) is 2.60. The molecular weight excluding hydrogens is 230 g/mol. The molecule has 0 saturated heterocycles. The maximum Gasteiger partial charge on any atom is 0.303 e. The van der Waals surface area contributed by atoms with Gasteiger partial charge >= 0.3 is 5.97 Å². The summed E-state index contributed by atoms with van der Waals surface area (Å²) in [6.07, 6.45) is 0.807. The number of aliphatic carboxylic acids is 1. The van der Waals surface area contributed by atoms with E-state index in [2.05, 4.69) is 12.2 Å². The van der Waals surface area contributed by atoms with Gasteiger partial charge in [-0.25, -0.2) is 0 Å². The quantitative estimate of drug-likeness (QED) is 0.782. The van der Waals surface area contributed by atoms with E-state index < -0.39 is 5.97 Å². The number of para-hydroxylation sites is 1. The lowest BCUT2D eigenvalue weighted by molar-refractivity contribution is -0.137. The third-order valence-corrected chi connectivity index (χ3v) is 2.93. The first-order valence-corrected chi connectivity index (χ1v) is 6.15. The number of rotatable bonds is 7. The van der Waals surface area contributed by atoms with E-state index in [0.717, 1.165) is 11.3 Å². The zero-order chi connectivity index (χ0) is 13.5. The highest BCUT2D eigenvalue weighted by Gasteiger charge is 2.13. The van der Waals surface area contributed by atoms with Crippen molar-refractivity contribution >= 4 is 5.97 Å². The van der Waals surface area contributed by atoms with Crippen molar-refractivity contribution in [2.75, 3.05) is 7.11 Å². The van der Waals surface area contributed by atoms with Crippen LogP contribution in [0.4, 0.5) is 0 Å². The van der Waals surface area contributed by atoms with Crippen molar-refractivity contribution in [2.24, 2.45) is 0 Å². The van der Waals surface area contributed by atoms with Gasteiger partial charge < -0.3 is 15.2 Å². The molecule has 2 atom stereocenters. The van der Waals surface area contributed by atoms with Gasteiger partial charge in [0.05, 0.1) is 7.11 Å². The lowest BCUT2D eigenvalue weighted by Gasteiger charge is -2.21. The SMILES string of the molecule is COc1ccccc1[C@@H](C)NC(C)CCC(=O)O. The molecule has 4 heteroatoms. The normalized spacial score (nSPS) is 13.9. The number of hydrogen-bond donors (Lipinski definition) is 2. The third-order valence-electron chi connectivity index (χ3n) is 2.93. The molecule has 0 spiro atoms. The molecule has 1 aromatic carbocycles. The van der Waals surface area contributed by atoms with E-state index >= 15 is 0 Å². The van der Waals surface area contributed by atoms with Gasteiger partial charge in [0, 0.05) is 24.1 Å². The Morgan fingerprint density at radius 3 is 2.67 bits per heavy atom. The number of ether oxygens (including phenoxy) is 1. The maximum atomic E-state index is 10.5. The average molecular weight is 251 g/mol. The second kappa shape index (κ2) is 7.01. The predicted molar refractivity (Wildman–Crippen MR) is 70.9 cm³/mol. The van der Waals surface area contributed by atoms with Crippen molar-refractivity contribution < 1.29 is 14.6 Å². The van der Waals surface area contributed by atoms with E-state index in [1.54, 1.807) is 7.11 Å². The lowest BCUT2D eigenvalue weighted by Crippen LogP contribution is -2.29. The summed E-state index contributed by atoms with van der Waals surface area (Å²) in [5, 5.41) is 12.0. The largest absolute Gasteiger partial charge is 0.496 e. The highest BCUT2D eigenvalue weighted by Crippen LogP contribution is 2.24. The number of carbonyl (C=O) groups is 1. The van der Waals surface area contributed by atoms with E-state index in [1.165, 1.54) is 0 Å². The summed E-state index contributed by atoms with van der Waals surface area (Å²) >= 11 is 0. The highest BCUT2D eigenvalue weighted by atomic mass is 16.5. The monoisotopic (exact) mass is 251 g/mol. The van der Waals surface area contributed by atoms with Gasteiger partial charge in [0.2, 0.25) is 0 Å². The second-order valence-corrected chi connectivity index (χ2v) is 4.46. The van der Waals surface area contributed by atoms with Crippen LogP contribution >= 0.6 is 0 Å². The van der Waals surface area contributed by atoms with Crippen LogP contribution in [0.1, 0.15) is 38.3 Å². The van der Waals surface area contributed by atoms with Gasteiger partial charge in [-0.1, -0.05) is 18.2 Å². The first kappa shape index (κ1) is 14.5. The van der Waals surface area contributed by atoms with Crippen LogP contribution in [0.5, 0.6) is 5.75 Å². The molecule has 1 aromatic rings. The van der Waals surface area contributed by atoms with E-state index in [4.69, 9.17) is 9.84 Å². The Labute approximate surface area is 108 Å². The molecule has 18 heavy (non-hydrogen) atoms. The first-order chi connectivity index (χ1) is 8.54. The molecule has 4 nitrogen and oxygen atoms in total. The van der Waals surface area contributed by atoms with Crippen LogP contribution in [0.2, 0.25) is 0 Å². The summed E-state index contributed by atoms with van der Waals surface area (Å²) in [7, 11) is 1.65. The molecule has 2 N–H and O–H groups in total. The molecule has 0 radical (unpaired) electrons. The van der Waals surface area contributed by atoms with E-state index in [-0.39, 0.29) is 18.5 Å². The van der Waals surface area contributed by atoms with Gasteiger partial charge in [0.15, 0.2) is 0 Å². The Morgan fingerprint density at radius 2 is 2.06 bits per heavy atom. The molecule has 100 valence electrons. The standard InChI is InChI=1S/C14H21NO3/c1-10(8-9-14(16)17)15-11(2)12-6-4-5-7-13(12)18-3/h4-7,10-11,15H,8-9H2,1-3H3,(H,16,17)/t10?,11-/m1/s1. The smallest absolute Gasteiger partial charge is 0.303 e. The lowest BCUT2D eigenvalue weighted by atomic mass is 10.1. The molecular formula is C14H21NO3. The molecule has 0 saturated carbocycles. The van der Waals surface area contributed by atoms with E-state index in [0.29, 0.717) is 6.42 Å². The topological polar surface area (TPSA) is 58.6 Å². The summed E-state index contributed by atoms with van der Waals surface area (Å²) in [5.41, 5.74) is 1.09. The molecule has 0 aliphatic carbocycles. The van der Waals surface area contributed by atoms with Gasteiger partial charge in [0.1, 0.15) is 5.75 Å². The highest BCUT2D eigenvalue weighted by molar-refractivity contribution is 5.66. The molecule has 0 aliphatic heterocycles. The maximum absolute atomic E-state index is 10.5. The van der Waals surface area contributed by atoms with E-state index in [1.807, 2.05) is 31.2 Å². The number of methoxy groups -OCH3 is 1. The fourth-order valence-electron chi connectivity index (χ4n) is 1.96. The van der Waals surface area contributed by atoms with Crippen molar-refractivity contribution in [1.29, 1.82) is 0 Å². The molecule has 0 heterocycles. The van der Waals surface area contributed by atoms with Gasteiger partial charge in [-0.3, -0.25) is 4.79 Å². The average Bonchev–Trinajstić information content (AvgIpc) is 2.36. The molecule has 1 unspecified atom stereocenters. The van der Waals surface area contributed by atoms with Gasteiger partial charge in [-0.05, 0) is 26.3 Å². The summed E-state index contributed by atoms with van der Waals surface area (Å²) in [6, 6.07) is 8.13. The number of benzene rings is 1. The molecule has 0 aliphatic rings. The Kier molecular flexibility index (Phi) is 5.65. The minimum absolute atomic E-state index is 0.130. The molecule has 0 aromatic heterocycles. The zero-order valence-corrected chi connectivity index (χ0v) is 11.1. The summed E-state index contributed by atoms with van der Waals surface area (Å²) in [4.78, 5) is 10.5. The minimum atomic E-state index is -0.756. The summed E-state index contributed by atoms with van der Waals surface area (Å²) in [6.45, 7) is 4.05. The molecule has 0 amide bonds. The molecule has 1 rings (SSSR count). The molecule has 0 bridgehead atoms. The molecule has 0 fully saturated rings. The van der Waals surface area contributed by atoms with Crippen LogP contribution in [0.3, 0.4) is 0 Å². The minimum Gasteiger partial charge on any atom is -0.496 e. The Hall–Kier alpha value is -1.55. The van der Waals surface area contributed by atoms with E-state index in [9.17, 15) is 4.79 Å². The Morgan fingerprint density at radius 1 is 1.39 bits per heavy atom. The number of carboxylic acids is 1. The summed E-state index contributed by atoms with van der Waals surface area (Å²) < 4.78 is 5.31. The summed E-state index contributed by atoms with van der Waals surface area (Å²) in [5.74, 6) is 0.0940. The van der Waals surface area contributed by atoms with Crippen molar-refractivity contribution in [2.45, 2.75) is 38.8 Å². The third kappa shape index (κ3) is 4.37. The fraction of sp³-hybridized carbons (Fsp3) is 0.500. The van der Waals surface area contributed by atoms with Crippen LogP contribution in [-0.4, -0.2) is 24.2 Å². The number of hydrogen-bond acceptors (Lipinski definition) is 3. The van der Waals surface area contributed by atoms with Crippen LogP contribution in [0.25, 0.3) is 0 Å². The first-order valence-electron chi connectivity index (χ1n) is 6.15. The van der Waals surface area contributed by atoms with Crippen LogP contribution in [0.15, 0.2) is 24.3 Å². The van der Waals surface area contributed by atoms with Gasteiger partial charge in [-0.2, -0.15) is 0 Å². The van der Waals surface area contributed by atoms with Crippen molar-refractivity contribution in [3.05, 3.63) is 29.8 Å². The fourth-order valence-corrected chi connectivity index (χ4v) is 1.96. The Bertz CT molecular complexity index is 392. The second-order valence-electron chi connectivity index (χ2n) is 4.46. The van der Waals surface area contributed by atoms with Crippen molar-refractivity contribution in [1.82, 2.24) is 5.32 Å². The van der Waals surface area contributed by atoms with Gasteiger partial charge in [-0.15, -0.1) is 0 Å². The zero-order valence-electron chi connectivity index (χ0n) is 11.1. The van der Waals surface area contributed by atoms with Crippen LogP contribution in [-0.2, 0) is 4.79 Å². The Balaban J connectivity index is 2.58. The van der Waals surface area contributed by atoms with Crippen molar-refractivity contribution in [3.63, 3.8) is 0 Å². The number of nitrogens with one attached hydrogen (secondary N) is 1. The van der Waals surface area contributed by atoms with Crippen LogP contribution in [0, 0.1) is 0 Å².